The lowest BCUT2D eigenvalue weighted by Gasteiger charge is -1.96. The molecule has 0 heterocycles. The van der Waals surface area contributed by atoms with Crippen molar-refractivity contribution in [1.29, 1.82) is 0 Å². The molecule has 0 unspecified atom stereocenters. The van der Waals surface area contributed by atoms with E-state index in [1.807, 2.05) is 0 Å². The second kappa shape index (κ2) is 7.58. The number of aliphatic hydroxyl groups is 3. The maximum atomic E-state index is 8.79. The molecule has 5 heteroatoms. The molecule has 0 aliphatic heterocycles. The van der Waals surface area contributed by atoms with Gasteiger partial charge in [-0.15, -0.1) is 0 Å². The summed E-state index contributed by atoms with van der Waals surface area (Å²) in [4.78, 5) is 0. The number of phenolic OH excluding ortho intramolecular Hbond substituents is 1. The summed E-state index contributed by atoms with van der Waals surface area (Å²) in [6.45, 7) is -0.729. The number of phenols is 1. The minimum absolute atomic E-state index is 0.133. The second-order valence-electron chi connectivity index (χ2n) is 2.47. The van der Waals surface area contributed by atoms with Crippen LogP contribution in [0.25, 0.3) is 0 Å². The summed E-state index contributed by atoms with van der Waals surface area (Å²) in [5.74, 6) is 0.133. The van der Waals surface area contributed by atoms with E-state index < -0.39 is 6.10 Å². The quantitative estimate of drug-likeness (QED) is 0.581. The minimum atomic E-state index is -0.954. The van der Waals surface area contributed by atoms with Gasteiger partial charge in [0.15, 0.2) is 0 Å². The Bertz CT molecular complexity index is 229. The molecule has 0 saturated carbocycles. The van der Waals surface area contributed by atoms with Crippen LogP contribution in [0.5, 0.6) is 5.75 Å². The molecule has 4 N–H and O–H groups in total. The van der Waals surface area contributed by atoms with Gasteiger partial charge >= 0.3 is 0 Å². The molecule has 0 bridgehead atoms. The van der Waals surface area contributed by atoms with Crippen molar-refractivity contribution in [2.75, 3.05) is 13.2 Å². The average molecular weight is 221 g/mol. The zero-order valence-corrected chi connectivity index (χ0v) is 8.22. The summed E-state index contributed by atoms with van der Waals surface area (Å²) in [7, 11) is 0. The minimum Gasteiger partial charge on any atom is -0.506 e. The Morgan fingerprint density at radius 1 is 1.14 bits per heavy atom. The highest BCUT2D eigenvalue weighted by Crippen LogP contribution is 2.20. The van der Waals surface area contributed by atoms with Gasteiger partial charge in [-0.1, -0.05) is 23.7 Å². The Hall–Kier alpha value is -0.810. The van der Waals surface area contributed by atoms with Gasteiger partial charge in [0, 0.05) is 0 Å². The summed E-state index contributed by atoms with van der Waals surface area (Å²) in [6, 6.07) is 6.67. The van der Waals surface area contributed by atoms with Gasteiger partial charge in [0.2, 0.25) is 0 Å². The van der Waals surface area contributed by atoms with Crippen molar-refractivity contribution < 1.29 is 20.4 Å². The number of aliphatic hydroxyl groups excluding tert-OH is 3. The summed E-state index contributed by atoms with van der Waals surface area (Å²) in [6.07, 6.45) is -0.954. The van der Waals surface area contributed by atoms with Crippen LogP contribution in [0.3, 0.4) is 0 Å². The van der Waals surface area contributed by atoms with Crippen molar-refractivity contribution in [2.45, 2.75) is 6.10 Å². The van der Waals surface area contributed by atoms with Crippen molar-refractivity contribution in [2.24, 2.45) is 0 Å². The van der Waals surface area contributed by atoms with Crippen LogP contribution >= 0.6 is 11.6 Å². The maximum Gasteiger partial charge on any atom is 0.134 e. The molecule has 0 aromatic heterocycles. The normalized spacial score (nSPS) is 9.50. The van der Waals surface area contributed by atoms with Gasteiger partial charge in [0.1, 0.15) is 11.9 Å². The Balaban J connectivity index is 0.000000255. The molecule has 80 valence electrons. The lowest BCUT2D eigenvalue weighted by molar-refractivity contribution is 0.0450. The molecule has 1 aromatic carbocycles. The number of rotatable bonds is 2. The van der Waals surface area contributed by atoms with Crippen LogP contribution in [-0.2, 0) is 0 Å². The molecule has 4 nitrogen and oxygen atoms in total. The predicted molar refractivity (Wildman–Crippen MR) is 53.3 cm³/mol. The maximum absolute atomic E-state index is 8.79. The average Bonchev–Trinajstić information content (AvgIpc) is 2.22. The van der Waals surface area contributed by atoms with Gasteiger partial charge in [0.25, 0.3) is 0 Å². The van der Waals surface area contributed by atoms with Crippen molar-refractivity contribution in [3.8, 4) is 5.75 Å². The first-order chi connectivity index (χ1) is 6.61. The number of para-hydroxylation sites is 1. The van der Waals surface area contributed by atoms with E-state index in [-0.39, 0.29) is 19.0 Å². The van der Waals surface area contributed by atoms with Gasteiger partial charge in [-0.25, -0.2) is 0 Å². The molecule has 14 heavy (non-hydrogen) atoms. The zero-order valence-electron chi connectivity index (χ0n) is 7.47. The smallest absolute Gasteiger partial charge is 0.134 e. The van der Waals surface area contributed by atoms with Crippen LogP contribution in [0.4, 0.5) is 0 Å². The second-order valence-corrected chi connectivity index (χ2v) is 2.88. The number of halogens is 1. The number of benzene rings is 1. The first-order valence-electron chi connectivity index (χ1n) is 3.95. The van der Waals surface area contributed by atoms with Crippen LogP contribution in [0.1, 0.15) is 0 Å². The molecular formula is C9H13ClO4. The van der Waals surface area contributed by atoms with Gasteiger partial charge in [0.05, 0.1) is 18.2 Å². The molecule has 0 radical (unpaired) electrons. The van der Waals surface area contributed by atoms with Crippen molar-refractivity contribution in [3.05, 3.63) is 29.3 Å². The molecule has 0 aliphatic rings. The van der Waals surface area contributed by atoms with Crippen LogP contribution in [0.15, 0.2) is 24.3 Å². The van der Waals surface area contributed by atoms with Crippen LogP contribution in [0, 0.1) is 0 Å². The van der Waals surface area contributed by atoms with E-state index in [0.29, 0.717) is 5.02 Å². The van der Waals surface area contributed by atoms with E-state index in [0.717, 1.165) is 0 Å². The first kappa shape index (κ1) is 13.2. The Morgan fingerprint density at radius 2 is 1.64 bits per heavy atom. The van der Waals surface area contributed by atoms with Crippen molar-refractivity contribution in [3.63, 3.8) is 0 Å². The molecule has 0 saturated heterocycles. The number of hydrogen-bond acceptors (Lipinski definition) is 4. The van der Waals surface area contributed by atoms with E-state index in [1.54, 1.807) is 24.3 Å². The zero-order chi connectivity index (χ0) is 11.0. The molecule has 1 rings (SSSR count). The lowest BCUT2D eigenvalue weighted by atomic mass is 10.3. The van der Waals surface area contributed by atoms with Crippen molar-refractivity contribution >= 4 is 11.6 Å². The fourth-order valence-corrected chi connectivity index (χ4v) is 0.645. The number of aromatic hydroxyl groups is 1. The molecule has 0 atom stereocenters. The van der Waals surface area contributed by atoms with E-state index >= 15 is 0 Å². The molecule has 1 aromatic rings. The largest absolute Gasteiger partial charge is 0.506 e. The van der Waals surface area contributed by atoms with Crippen molar-refractivity contribution in [1.82, 2.24) is 0 Å². The third kappa shape index (κ3) is 5.77. The van der Waals surface area contributed by atoms with Crippen LogP contribution in [0.2, 0.25) is 5.02 Å². The first-order valence-corrected chi connectivity index (χ1v) is 4.33. The Labute approximate surface area is 87.0 Å². The van der Waals surface area contributed by atoms with Crippen LogP contribution in [-0.4, -0.2) is 39.7 Å². The highest BCUT2D eigenvalue weighted by Gasteiger charge is 1.93. The van der Waals surface area contributed by atoms with E-state index in [1.165, 1.54) is 0 Å². The van der Waals surface area contributed by atoms with Gasteiger partial charge in [-0.3, -0.25) is 0 Å². The topological polar surface area (TPSA) is 80.9 Å². The third-order valence-electron chi connectivity index (χ3n) is 1.27. The molecular weight excluding hydrogens is 208 g/mol. The van der Waals surface area contributed by atoms with E-state index in [9.17, 15) is 0 Å². The summed E-state index contributed by atoms with van der Waals surface area (Å²) in [5, 5.41) is 33.2. The summed E-state index contributed by atoms with van der Waals surface area (Å²) < 4.78 is 0. The molecule has 0 amide bonds. The van der Waals surface area contributed by atoms with Gasteiger partial charge in [-0.2, -0.15) is 0 Å². The lowest BCUT2D eigenvalue weighted by Crippen LogP contribution is -2.15. The Morgan fingerprint density at radius 3 is 1.86 bits per heavy atom. The highest BCUT2D eigenvalue weighted by molar-refractivity contribution is 6.31. The summed E-state index contributed by atoms with van der Waals surface area (Å²) >= 11 is 5.46. The standard InChI is InChI=1S/C6H5ClO.C3H8O3/c7-5-3-1-2-4-6(5)8;4-1-3(6)2-5/h1-4,8H;3-6H,1-2H2. The van der Waals surface area contributed by atoms with Gasteiger partial charge < -0.3 is 20.4 Å². The van der Waals surface area contributed by atoms with Crippen LogP contribution < -0.4 is 0 Å². The molecule has 0 aliphatic carbocycles. The number of hydrogen-bond donors (Lipinski definition) is 4. The summed E-state index contributed by atoms with van der Waals surface area (Å²) in [5.41, 5.74) is 0. The monoisotopic (exact) mass is 220 g/mol. The third-order valence-corrected chi connectivity index (χ3v) is 1.59. The predicted octanol–water partition coefficient (Wildman–Crippen LogP) is 0.377. The van der Waals surface area contributed by atoms with E-state index in [4.69, 9.17) is 32.0 Å². The molecule has 0 fully saturated rings. The fraction of sp³-hybridized carbons (Fsp3) is 0.333. The molecule has 0 spiro atoms. The fourth-order valence-electron chi connectivity index (χ4n) is 0.509. The van der Waals surface area contributed by atoms with E-state index in [2.05, 4.69) is 0 Å². The SMILES string of the molecule is OCC(O)CO.Oc1ccccc1Cl. The highest BCUT2D eigenvalue weighted by atomic mass is 35.5. The van der Waals surface area contributed by atoms with Gasteiger partial charge in [-0.05, 0) is 12.1 Å². The Kier molecular flexibility index (Phi) is 7.14.